The van der Waals surface area contributed by atoms with Gasteiger partial charge in [-0.25, -0.2) is 0 Å². The Labute approximate surface area is 265 Å². The number of thioether (sulfide) groups is 1. The van der Waals surface area contributed by atoms with E-state index in [-0.39, 0.29) is 17.5 Å². The number of thiophene rings is 1. The largest absolute Gasteiger partial charge is 0.325 e. The number of benzene rings is 4. The van der Waals surface area contributed by atoms with Gasteiger partial charge in [0.2, 0.25) is 5.91 Å². The van der Waals surface area contributed by atoms with Crippen molar-refractivity contribution >= 4 is 58.3 Å². The van der Waals surface area contributed by atoms with Crippen molar-refractivity contribution in [2.45, 2.75) is 24.0 Å². The van der Waals surface area contributed by atoms with Crippen molar-refractivity contribution in [3.63, 3.8) is 0 Å². The molecular formula is C36H31N3O3S2. The lowest BCUT2D eigenvalue weighted by Crippen LogP contribution is -2.30. The van der Waals surface area contributed by atoms with E-state index in [1.165, 1.54) is 23.1 Å². The lowest BCUT2D eigenvalue weighted by atomic mass is 10.1. The van der Waals surface area contributed by atoms with Crippen molar-refractivity contribution in [1.82, 2.24) is 5.32 Å². The number of aryl methyl sites for hydroxylation is 1. The molecule has 1 heterocycles. The second-order valence-electron chi connectivity index (χ2n) is 10.0. The molecule has 0 aliphatic heterocycles. The zero-order valence-corrected chi connectivity index (χ0v) is 25.9. The summed E-state index contributed by atoms with van der Waals surface area (Å²) in [4.78, 5) is 41.7. The fourth-order valence-corrected chi connectivity index (χ4v) is 6.17. The Balaban J connectivity index is 1.36. The number of anilines is 2. The first kappa shape index (κ1) is 30.5. The molecule has 5 rings (SSSR count). The Kier molecular flexibility index (Phi) is 10.1. The molecular weight excluding hydrogens is 587 g/mol. The van der Waals surface area contributed by atoms with Crippen LogP contribution in [0.4, 0.5) is 11.4 Å². The van der Waals surface area contributed by atoms with Crippen molar-refractivity contribution in [2.24, 2.45) is 0 Å². The standard InChI is InChI=1S/C36H31N3O3S2/c1-24-12-9-20-31(25(24)2)38-36(42)33(26-13-5-3-6-14-26)44-30-18-10-17-28(22-30)37-35(41)32(23-29-19-11-21-43-29)39-34(40)27-15-7-4-8-16-27/h3-23,33H,1-2H3,(H,37,41)(H,38,42)(H,39,40)/b32-23-. The van der Waals surface area contributed by atoms with E-state index in [0.717, 1.165) is 32.2 Å². The van der Waals surface area contributed by atoms with Crippen LogP contribution >= 0.6 is 23.1 Å². The van der Waals surface area contributed by atoms with Crippen LogP contribution in [-0.4, -0.2) is 17.7 Å². The maximum atomic E-state index is 13.7. The van der Waals surface area contributed by atoms with E-state index in [1.54, 1.807) is 36.4 Å². The summed E-state index contributed by atoms with van der Waals surface area (Å²) in [6.45, 7) is 4.01. The third kappa shape index (κ3) is 7.92. The number of amides is 3. The van der Waals surface area contributed by atoms with Gasteiger partial charge < -0.3 is 16.0 Å². The molecule has 0 saturated heterocycles. The van der Waals surface area contributed by atoms with Gasteiger partial charge in [0.15, 0.2) is 0 Å². The molecule has 1 aromatic heterocycles. The predicted octanol–water partition coefficient (Wildman–Crippen LogP) is 8.25. The van der Waals surface area contributed by atoms with Crippen molar-refractivity contribution in [2.75, 3.05) is 10.6 Å². The molecule has 3 amide bonds. The van der Waals surface area contributed by atoms with Crippen LogP contribution in [0.3, 0.4) is 0 Å². The third-order valence-corrected chi connectivity index (χ3v) is 8.97. The van der Waals surface area contributed by atoms with E-state index in [9.17, 15) is 14.4 Å². The van der Waals surface area contributed by atoms with Crippen LogP contribution in [0.25, 0.3) is 6.08 Å². The minimum absolute atomic E-state index is 0.120. The maximum Gasteiger partial charge on any atom is 0.272 e. The normalized spacial score (nSPS) is 11.8. The smallest absolute Gasteiger partial charge is 0.272 e. The molecule has 5 aromatic rings. The fourth-order valence-electron chi connectivity index (χ4n) is 4.43. The summed E-state index contributed by atoms with van der Waals surface area (Å²) in [5.74, 6) is -0.986. The second kappa shape index (κ2) is 14.5. The zero-order valence-electron chi connectivity index (χ0n) is 24.2. The first-order chi connectivity index (χ1) is 21.4. The molecule has 0 aliphatic rings. The van der Waals surface area contributed by atoms with Gasteiger partial charge in [-0.2, -0.15) is 0 Å². The second-order valence-corrected chi connectivity index (χ2v) is 12.2. The average Bonchev–Trinajstić information content (AvgIpc) is 3.56. The molecule has 1 unspecified atom stereocenters. The monoisotopic (exact) mass is 617 g/mol. The highest BCUT2D eigenvalue weighted by molar-refractivity contribution is 8.00. The van der Waals surface area contributed by atoms with E-state index in [4.69, 9.17) is 0 Å². The van der Waals surface area contributed by atoms with Crippen molar-refractivity contribution < 1.29 is 14.4 Å². The number of carbonyl (C=O) groups excluding carboxylic acids is 3. The highest BCUT2D eigenvalue weighted by atomic mass is 32.2. The quantitative estimate of drug-likeness (QED) is 0.109. The number of hydrogen-bond donors (Lipinski definition) is 3. The molecule has 6 nitrogen and oxygen atoms in total. The number of rotatable bonds is 10. The Morgan fingerprint density at radius 1 is 0.773 bits per heavy atom. The molecule has 0 saturated carbocycles. The van der Waals surface area contributed by atoms with Gasteiger partial charge in [0.05, 0.1) is 0 Å². The highest BCUT2D eigenvalue weighted by Crippen LogP contribution is 2.37. The molecule has 0 spiro atoms. The summed E-state index contributed by atoms with van der Waals surface area (Å²) in [6, 6.07) is 35.3. The van der Waals surface area contributed by atoms with Gasteiger partial charge in [-0.1, -0.05) is 72.8 Å². The Bertz CT molecular complexity index is 1790. The van der Waals surface area contributed by atoms with Crippen molar-refractivity contribution in [3.05, 3.63) is 153 Å². The Morgan fingerprint density at radius 2 is 1.50 bits per heavy atom. The summed E-state index contributed by atoms with van der Waals surface area (Å²) in [6.07, 6.45) is 1.66. The van der Waals surface area contributed by atoms with Gasteiger partial charge in [0, 0.05) is 26.7 Å². The minimum Gasteiger partial charge on any atom is -0.325 e. The van der Waals surface area contributed by atoms with E-state index in [1.807, 2.05) is 104 Å². The molecule has 0 aliphatic carbocycles. The lowest BCUT2D eigenvalue weighted by molar-refractivity contribution is -0.116. The van der Waals surface area contributed by atoms with Crippen LogP contribution in [0.5, 0.6) is 0 Å². The van der Waals surface area contributed by atoms with E-state index >= 15 is 0 Å². The molecule has 4 aromatic carbocycles. The topological polar surface area (TPSA) is 87.3 Å². The molecule has 44 heavy (non-hydrogen) atoms. The Hall–Kier alpha value is -4.92. The van der Waals surface area contributed by atoms with Crippen LogP contribution in [-0.2, 0) is 9.59 Å². The number of carbonyl (C=O) groups is 3. The lowest BCUT2D eigenvalue weighted by Gasteiger charge is -2.19. The summed E-state index contributed by atoms with van der Waals surface area (Å²) < 4.78 is 0. The zero-order chi connectivity index (χ0) is 30.9. The van der Waals surface area contributed by atoms with Gasteiger partial charge in [0.1, 0.15) is 10.9 Å². The molecule has 0 bridgehead atoms. The predicted molar refractivity (Wildman–Crippen MR) is 181 cm³/mol. The summed E-state index contributed by atoms with van der Waals surface area (Å²) >= 11 is 2.86. The van der Waals surface area contributed by atoms with E-state index in [2.05, 4.69) is 16.0 Å². The highest BCUT2D eigenvalue weighted by Gasteiger charge is 2.23. The number of nitrogens with one attached hydrogen (secondary N) is 3. The van der Waals surface area contributed by atoms with Gasteiger partial charge in [-0.3, -0.25) is 14.4 Å². The van der Waals surface area contributed by atoms with E-state index < -0.39 is 11.2 Å². The van der Waals surface area contributed by atoms with Crippen LogP contribution in [0.2, 0.25) is 0 Å². The van der Waals surface area contributed by atoms with Crippen LogP contribution in [0.1, 0.15) is 37.2 Å². The summed E-state index contributed by atoms with van der Waals surface area (Å²) in [5, 5.41) is 10.2. The van der Waals surface area contributed by atoms with Crippen molar-refractivity contribution in [3.8, 4) is 0 Å². The molecule has 1 atom stereocenters. The van der Waals surface area contributed by atoms with Gasteiger partial charge in [-0.05, 0) is 84.5 Å². The van der Waals surface area contributed by atoms with Crippen LogP contribution in [0.15, 0.2) is 131 Å². The average molecular weight is 618 g/mol. The molecule has 0 fully saturated rings. The minimum atomic E-state index is -0.540. The first-order valence-electron chi connectivity index (χ1n) is 14.0. The van der Waals surface area contributed by atoms with Crippen LogP contribution < -0.4 is 16.0 Å². The Morgan fingerprint density at radius 3 is 2.23 bits per heavy atom. The van der Waals surface area contributed by atoms with E-state index in [0.29, 0.717) is 11.3 Å². The molecule has 0 radical (unpaired) electrons. The maximum absolute atomic E-state index is 13.7. The van der Waals surface area contributed by atoms with Gasteiger partial charge in [0.25, 0.3) is 11.8 Å². The molecule has 3 N–H and O–H groups in total. The van der Waals surface area contributed by atoms with Gasteiger partial charge in [-0.15, -0.1) is 23.1 Å². The third-order valence-electron chi connectivity index (χ3n) is 6.91. The summed E-state index contributed by atoms with van der Waals surface area (Å²) in [5.41, 5.74) is 4.86. The SMILES string of the molecule is Cc1cccc(NC(=O)C(Sc2cccc(NC(=O)/C(=C/c3cccs3)NC(=O)c3ccccc3)c2)c2ccccc2)c1C. The molecule has 8 heteroatoms. The fraction of sp³-hybridized carbons (Fsp3) is 0.0833. The summed E-state index contributed by atoms with van der Waals surface area (Å²) in [7, 11) is 0. The first-order valence-corrected chi connectivity index (χ1v) is 15.7. The molecule has 220 valence electrons. The van der Waals surface area contributed by atoms with Crippen molar-refractivity contribution in [1.29, 1.82) is 0 Å². The number of hydrogen-bond acceptors (Lipinski definition) is 5. The van der Waals surface area contributed by atoms with Crippen LogP contribution in [0, 0.1) is 13.8 Å². The van der Waals surface area contributed by atoms with Gasteiger partial charge >= 0.3 is 0 Å².